The summed E-state index contributed by atoms with van der Waals surface area (Å²) in [6.45, 7) is 5.07. The van der Waals surface area contributed by atoms with Gasteiger partial charge in [0.25, 0.3) is 0 Å². The summed E-state index contributed by atoms with van der Waals surface area (Å²) in [6.07, 6.45) is 0.840. The zero-order chi connectivity index (χ0) is 16.6. The standard InChI is InChI=1S/C14H16Br4N4O/c15-8-9(16)11(18)13-12(10(8)17)19-14(20-13)22-5-3-21(4-6-22)2-1-7-23/h23H,1-7H2,(H,19,20). The first-order valence-electron chi connectivity index (χ1n) is 7.32. The van der Waals surface area contributed by atoms with E-state index in [1.165, 1.54) is 0 Å². The van der Waals surface area contributed by atoms with Gasteiger partial charge in [0.05, 0.1) is 14.5 Å². The fraction of sp³-hybridized carbons (Fsp3) is 0.500. The first kappa shape index (κ1) is 18.1. The number of imidazole rings is 1. The van der Waals surface area contributed by atoms with E-state index in [2.05, 4.69) is 78.5 Å². The molecule has 2 N–H and O–H groups in total. The van der Waals surface area contributed by atoms with Crippen LogP contribution in [-0.2, 0) is 0 Å². The number of piperazine rings is 1. The van der Waals surface area contributed by atoms with E-state index in [0.29, 0.717) is 0 Å². The Morgan fingerprint density at radius 3 is 2.26 bits per heavy atom. The Bertz CT molecular complexity index is 668. The van der Waals surface area contributed by atoms with E-state index in [1.54, 1.807) is 0 Å². The number of nitrogens with zero attached hydrogens (tertiary/aromatic N) is 3. The number of aliphatic hydroxyl groups is 1. The van der Waals surface area contributed by atoms with Crippen molar-refractivity contribution < 1.29 is 5.11 Å². The second-order valence-electron chi connectivity index (χ2n) is 5.45. The fourth-order valence-electron chi connectivity index (χ4n) is 2.71. The summed E-state index contributed by atoms with van der Waals surface area (Å²) >= 11 is 14.4. The van der Waals surface area contributed by atoms with Crippen LogP contribution in [0.15, 0.2) is 17.9 Å². The summed E-state index contributed by atoms with van der Waals surface area (Å²) in [4.78, 5) is 12.9. The van der Waals surface area contributed by atoms with E-state index in [-0.39, 0.29) is 6.61 Å². The normalized spacial score (nSPS) is 16.5. The van der Waals surface area contributed by atoms with Gasteiger partial charge in [-0.05, 0) is 70.1 Å². The van der Waals surface area contributed by atoms with Crippen molar-refractivity contribution in [1.29, 1.82) is 0 Å². The Balaban J connectivity index is 1.82. The van der Waals surface area contributed by atoms with E-state index in [1.807, 2.05) is 0 Å². The number of nitrogens with one attached hydrogen (secondary N) is 1. The van der Waals surface area contributed by atoms with Crippen molar-refractivity contribution in [2.24, 2.45) is 0 Å². The Morgan fingerprint density at radius 1 is 0.957 bits per heavy atom. The van der Waals surface area contributed by atoms with E-state index in [0.717, 1.165) is 74.0 Å². The maximum atomic E-state index is 8.94. The minimum Gasteiger partial charge on any atom is -0.396 e. The number of aromatic amines is 1. The third-order valence-corrected chi connectivity index (χ3v) is 8.75. The highest BCUT2D eigenvalue weighted by molar-refractivity contribution is 9.15. The molecule has 5 nitrogen and oxygen atoms in total. The molecule has 0 bridgehead atoms. The molecule has 1 fully saturated rings. The van der Waals surface area contributed by atoms with E-state index in [9.17, 15) is 0 Å². The molecule has 126 valence electrons. The number of halogens is 4. The van der Waals surface area contributed by atoms with E-state index < -0.39 is 0 Å². The molecule has 1 saturated heterocycles. The number of rotatable bonds is 4. The van der Waals surface area contributed by atoms with Crippen LogP contribution in [0, 0.1) is 0 Å². The number of fused-ring (bicyclic) bond motifs is 1. The molecular formula is C14H16Br4N4O. The highest BCUT2D eigenvalue weighted by Gasteiger charge is 2.22. The zero-order valence-electron chi connectivity index (χ0n) is 12.3. The summed E-state index contributed by atoms with van der Waals surface area (Å²) in [7, 11) is 0. The minimum absolute atomic E-state index is 0.260. The van der Waals surface area contributed by atoms with Crippen molar-refractivity contribution in [3.05, 3.63) is 17.9 Å². The van der Waals surface area contributed by atoms with Crippen molar-refractivity contribution in [1.82, 2.24) is 14.9 Å². The molecule has 9 heteroatoms. The quantitative estimate of drug-likeness (QED) is 0.426. The fourth-order valence-corrected chi connectivity index (χ4v) is 5.00. The second-order valence-corrected chi connectivity index (χ2v) is 8.62. The predicted octanol–water partition coefficient (Wildman–Crippen LogP) is 4.12. The predicted molar refractivity (Wildman–Crippen MR) is 107 cm³/mol. The summed E-state index contributed by atoms with van der Waals surface area (Å²) < 4.78 is 3.80. The van der Waals surface area contributed by atoms with Crippen LogP contribution in [0.1, 0.15) is 6.42 Å². The first-order chi connectivity index (χ1) is 11.0. The molecule has 1 aliphatic heterocycles. The highest BCUT2D eigenvalue weighted by Crippen LogP contribution is 2.43. The molecule has 23 heavy (non-hydrogen) atoms. The van der Waals surface area contributed by atoms with Gasteiger partial charge in [0.1, 0.15) is 5.52 Å². The lowest BCUT2D eigenvalue weighted by Gasteiger charge is -2.34. The van der Waals surface area contributed by atoms with Crippen LogP contribution >= 0.6 is 63.7 Å². The van der Waals surface area contributed by atoms with Gasteiger partial charge in [0.15, 0.2) is 0 Å². The molecule has 0 saturated carbocycles. The van der Waals surface area contributed by atoms with Crippen LogP contribution in [0.5, 0.6) is 0 Å². The van der Waals surface area contributed by atoms with Gasteiger partial charge in [-0.1, -0.05) is 0 Å². The molecule has 2 heterocycles. The molecule has 0 radical (unpaired) electrons. The maximum Gasteiger partial charge on any atom is 0.203 e. The number of hydrogen-bond donors (Lipinski definition) is 2. The highest BCUT2D eigenvalue weighted by atomic mass is 79.9. The Hall–Kier alpha value is 0.330. The molecule has 3 rings (SSSR count). The van der Waals surface area contributed by atoms with Crippen molar-refractivity contribution in [2.75, 3.05) is 44.2 Å². The molecule has 2 aromatic rings. The number of H-pyrrole nitrogens is 1. The molecule has 1 aromatic carbocycles. The van der Waals surface area contributed by atoms with Crippen LogP contribution in [-0.4, -0.2) is 59.3 Å². The lowest BCUT2D eigenvalue weighted by atomic mass is 10.3. The third kappa shape index (κ3) is 3.64. The van der Waals surface area contributed by atoms with Crippen LogP contribution < -0.4 is 4.90 Å². The summed E-state index contributed by atoms with van der Waals surface area (Å²) in [5.74, 6) is 0.896. The number of aliphatic hydroxyl groups excluding tert-OH is 1. The molecule has 0 unspecified atom stereocenters. The first-order valence-corrected chi connectivity index (χ1v) is 10.5. The van der Waals surface area contributed by atoms with Crippen LogP contribution in [0.3, 0.4) is 0 Å². The van der Waals surface area contributed by atoms with Crippen molar-refractivity contribution in [2.45, 2.75) is 6.42 Å². The summed E-state index contributed by atoms with van der Waals surface area (Å²) in [5, 5.41) is 8.94. The summed E-state index contributed by atoms with van der Waals surface area (Å²) in [5.41, 5.74) is 1.88. The molecule has 1 aliphatic rings. The maximum absolute atomic E-state index is 8.94. The van der Waals surface area contributed by atoms with Crippen LogP contribution in [0.4, 0.5) is 5.95 Å². The number of anilines is 1. The van der Waals surface area contributed by atoms with Gasteiger partial charge in [-0.2, -0.15) is 0 Å². The van der Waals surface area contributed by atoms with Crippen molar-refractivity contribution in [3.63, 3.8) is 0 Å². The van der Waals surface area contributed by atoms with Crippen LogP contribution in [0.2, 0.25) is 0 Å². The van der Waals surface area contributed by atoms with Crippen molar-refractivity contribution >= 4 is 80.7 Å². The Labute approximate surface area is 168 Å². The van der Waals surface area contributed by atoms with Crippen molar-refractivity contribution in [3.8, 4) is 0 Å². The van der Waals surface area contributed by atoms with E-state index >= 15 is 0 Å². The van der Waals surface area contributed by atoms with Gasteiger partial charge in [-0.15, -0.1) is 0 Å². The minimum atomic E-state index is 0.260. The molecule has 1 aromatic heterocycles. The van der Waals surface area contributed by atoms with Gasteiger partial charge >= 0.3 is 0 Å². The number of benzene rings is 1. The zero-order valence-corrected chi connectivity index (χ0v) is 18.6. The van der Waals surface area contributed by atoms with Gasteiger partial charge in [-0.25, -0.2) is 4.98 Å². The average molecular weight is 576 g/mol. The van der Waals surface area contributed by atoms with Gasteiger partial charge in [0, 0.05) is 48.3 Å². The topological polar surface area (TPSA) is 55.4 Å². The molecule has 0 amide bonds. The monoisotopic (exact) mass is 572 g/mol. The molecule has 0 atom stereocenters. The van der Waals surface area contributed by atoms with E-state index in [4.69, 9.17) is 10.1 Å². The largest absolute Gasteiger partial charge is 0.396 e. The van der Waals surface area contributed by atoms with Gasteiger partial charge < -0.3 is 15.0 Å². The third-order valence-electron chi connectivity index (χ3n) is 4.00. The summed E-state index contributed by atoms with van der Waals surface area (Å²) in [6, 6.07) is 0. The molecule has 0 spiro atoms. The average Bonchev–Trinajstić information content (AvgIpc) is 3.02. The Morgan fingerprint density at radius 2 is 1.61 bits per heavy atom. The Kier molecular flexibility index (Phi) is 6.07. The smallest absolute Gasteiger partial charge is 0.203 e. The van der Waals surface area contributed by atoms with Crippen LogP contribution in [0.25, 0.3) is 11.0 Å². The lowest BCUT2D eigenvalue weighted by molar-refractivity contribution is 0.215. The number of aromatic nitrogens is 2. The molecule has 0 aliphatic carbocycles. The van der Waals surface area contributed by atoms with Gasteiger partial charge in [0.2, 0.25) is 5.95 Å². The second kappa shape index (κ2) is 7.70. The number of hydrogen-bond acceptors (Lipinski definition) is 4. The molecular weight excluding hydrogens is 560 g/mol. The van der Waals surface area contributed by atoms with Gasteiger partial charge in [-0.3, -0.25) is 4.90 Å². The SMILES string of the molecule is OCCCN1CCN(c2nc3c(Br)c(Br)c(Br)c(Br)c3[nH]2)CC1. The lowest BCUT2D eigenvalue weighted by Crippen LogP contribution is -2.47.